The third-order valence-electron chi connectivity index (χ3n) is 2.32. The van der Waals surface area contributed by atoms with Crippen LogP contribution in [-0.2, 0) is 4.79 Å². The lowest BCUT2D eigenvalue weighted by atomic mass is 10.3. The van der Waals surface area contributed by atoms with Crippen molar-refractivity contribution < 1.29 is 4.79 Å². The molecule has 19 heavy (non-hydrogen) atoms. The third-order valence-corrected chi connectivity index (χ3v) is 2.32. The van der Waals surface area contributed by atoms with Gasteiger partial charge in [0.25, 0.3) is 0 Å². The number of aromatic nitrogens is 1. The Morgan fingerprint density at radius 3 is 2.95 bits per heavy atom. The zero-order chi connectivity index (χ0) is 14.1. The second-order valence-corrected chi connectivity index (χ2v) is 4.16. The predicted octanol–water partition coefficient (Wildman–Crippen LogP) is 1.03. The van der Waals surface area contributed by atoms with E-state index in [2.05, 4.69) is 20.6 Å². The van der Waals surface area contributed by atoms with E-state index in [1.54, 1.807) is 6.07 Å². The lowest BCUT2D eigenvalue weighted by molar-refractivity contribution is -0.116. The molecule has 0 spiro atoms. The van der Waals surface area contributed by atoms with Crippen molar-refractivity contribution in [3.63, 3.8) is 0 Å². The molecule has 0 aromatic carbocycles. The number of anilines is 1. The first-order valence-electron chi connectivity index (χ1n) is 6.39. The lowest BCUT2D eigenvalue weighted by Gasteiger charge is -2.06. The highest BCUT2D eigenvalue weighted by Gasteiger charge is 2.03. The van der Waals surface area contributed by atoms with E-state index in [4.69, 9.17) is 5.73 Å². The van der Waals surface area contributed by atoms with Crippen molar-refractivity contribution >= 4 is 17.7 Å². The number of pyridine rings is 1. The van der Waals surface area contributed by atoms with E-state index in [1.807, 2.05) is 26.0 Å². The highest BCUT2D eigenvalue weighted by atomic mass is 16.1. The Kier molecular flexibility index (Phi) is 6.35. The molecule has 0 radical (unpaired) electrons. The molecule has 0 saturated carbocycles. The van der Waals surface area contributed by atoms with E-state index in [1.165, 1.54) is 0 Å². The molecule has 0 aliphatic carbocycles. The molecule has 1 rings (SSSR count). The van der Waals surface area contributed by atoms with Crippen LogP contribution in [0, 0.1) is 6.92 Å². The maximum absolute atomic E-state index is 11.6. The van der Waals surface area contributed by atoms with E-state index in [9.17, 15) is 4.79 Å². The number of rotatable bonds is 6. The Hall–Kier alpha value is -2.11. The second kappa shape index (κ2) is 8.07. The van der Waals surface area contributed by atoms with Gasteiger partial charge in [-0.1, -0.05) is 13.0 Å². The minimum Gasteiger partial charge on any atom is -0.370 e. The van der Waals surface area contributed by atoms with Crippen LogP contribution in [0.5, 0.6) is 0 Å². The molecule has 0 saturated heterocycles. The number of carbonyl (C=O) groups excluding carboxylic acids is 1. The molecule has 0 aliphatic rings. The van der Waals surface area contributed by atoms with E-state index >= 15 is 0 Å². The molecule has 1 amide bonds. The number of guanidine groups is 1. The fourth-order valence-electron chi connectivity index (χ4n) is 1.41. The van der Waals surface area contributed by atoms with Crippen LogP contribution in [0.15, 0.2) is 23.2 Å². The average Bonchev–Trinajstić information content (AvgIpc) is 2.36. The van der Waals surface area contributed by atoms with E-state index < -0.39 is 0 Å². The Balaban J connectivity index is 2.29. The average molecular weight is 263 g/mol. The molecule has 0 aliphatic heterocycles. The van der Waals surface area contributed by atoms with Crippen molar-refractivity contribution in [2.75, 3.05) is 18.4 Å². The zero-order valence-corrected chi connectivity index (χ0v) is 11.4. The number of nitrogens with zero attached hydrogens (tertiary/aromatic N) is 2. The number of hydrogen-bond acceptors (Lipinski definition) is 3. The molecule has 0 unspecified atom stereocenters. The van der Waals surface area contributed by atoms with Crippen molar-refractivity contribution in [2.45, 2.75) is 26.7 Å². The zero-order valence-electron chi connectivity index (χ0n) is 11.4. The number of aliphatic imine (C=N–C) groups is 1. The summed E-state index contributed by atoms with van der Waals surface area (Å²) >= 11 is 0. The number of carbonyl (C=O) groups is 1. The van der Waals surface area contributed by atoms with Crippen LogP contribution < -0.4 is 16.4 Å². The van der Waals surface area contributed by atoms with Crippen molar-refractivity contribution in [2.24, 2.45) is 10.7 Å². The van der Waals surface area contributed by atoms with E-state index in [0.717, 1.165) is 12.1 Å². The summed E-state index contributed by atoms with van der Waals surface area (Å²) in [5, 5.41) is 5.62. The highest BCUT2D eigenvalue weighted by molar-refractivity contribution is 5.90. The Labute approximate surface area is 113 Å². The summed E-state index contributed by atoms with van der Waals surface area (Å²) in [4.78, 5) is 19.9. The minimum atomic E-state index is -0.103. The van der Waals surface area contributed by atoms with Gasteiger partial charge in [-0.15, -0.1) is 0 Å². The monoisotopic (exact) mass is 263 g/mol. The summed E-state index contributed by atoms with van der Waals surface area (Å²) < 4.78 is 0. The van der Waals surface area contributed by atoms with Crippen LogP contribution in [0.25, 0.3) is 0 Å². The van der Waals surface area contributed by atoms with Gasteiger partial charge >= 0.3 is 0 Å². The molecule has 1 heterocycles. The van der Waals surface area contributed by atoms with Gasteiger partial charge in [0.15, 0.2) is 5.96 Å². The quantitative estimate of drug-likeness (QED) is 0.528. The molecule has 1 aromatic heterocycles. The SMILES string of the molecule is CCCN=C(N)NCCC(=O)Nc1cccc(C)n1. The van der Waals surface area contributed by atoms with Crippen molar-refractivity contribution in [3.8, 4) is 0 Å². The second-order valence-electron chi connectivity index (χ2n) is 4.16. The number of aryl methyl sites for hydroxylation is 1. The molecule has 6 heteroatoms. The molecule has 1 aromatic rings. The summed E-state index contributed by atoms with van der Waals surface area (Å²) in [6.07, 6.45) is 1.26. The van der Waals surface area contributed by atoms with Gasteiger partial charge in [-0.2, -0.15) is 0 Å². The Morgan fingerprint density at radius 2 is 2.26 bits per heavy atom. The number of nitrogens with one attached hydrogen (secondary N) is 2. The maximum Gasteiger partial charge on any atom is 0.227 e. The molecule has 0 fully saturated rings. The van der Waals surface area contributed by atoms with Crippen LogP contribution in [0.2, 0.25) is 0 Å². The van der Waals surface area contributed by atoms with Gasteiger partial charge in [-0.05, 0) is 25.5 Å². The van der Waals surface area contributed by atoms with Crippen LogP contribution in [0.1, 0.15) is 25.5 Å². The first kappa shape index (κ1) is 14.9. The summed E-state index contributed by atoms with van der Waals surface area (Å²) in [5.74, 6) is 0.842. The predicted molar refractivity (Wildman–Crippen MR) is 77.0 cm³/mol. The van der Waals surface area contributed by atoms with Gasteiger partial charge in [0, 0.05) is 25.2 Å². The topological polar surface area (TPSA) is 92.4 Å². The first-order chi connectivity index (χ1) is 9.11. The van der Waals surface area contributed by atoms with E-state index in [-0.39, 0.29) is 5.91 Å². The normalized spacial score (nSPS) is 11.2. The van der Waals surface area contributed by atoms with Gasteiger partial charge in [0.05, 0.1) is 0 Å². The van der Waals surface area contributed by atoms with E-state index in [0.29, 0.717) is 31.3 Å². The van der Waals surface area contributed by atoms with Crippen LogP contribution in [0.4, 0.5) is 5.82 Å². The molecule has 4 N–H and O–H groups in total. The molecule has 6 nitrogen and oxygen atoms in total. The van der Waals surface area contributed by atoms with Gasteiger partial charge in [0.1, 0.15) is 5.82 Å². The minimum absolute atomic E-state index is 0.103. The first-order valence-corrected chi connectivity index (χ1v) is 6.39. The molecular formula is C13H21N5O. The van der Waals surface area contributed by atoms with Gasteiger partial charge in [-0.25, -0.2) is 4.98 Å². The van der Waals surface area contributed by atoms with Crippen LogP contribution >= 0.6 is 0 Å². The Morgan fingerprint density at radius 1 is 1.47 bits per heavy atom. The highest BCUT2D eigenvalue weighted by Crippen LogP contribution is 2.03. The smallest absolute Gasteiger partial charge is 0.227 e. The van der Waals surface area contributed by atoms with Crippen molar-refractivity contribution in [3.05, 3.63) is 23.9 Å². The summed E-state index contributed by atoms with van der Waals surface area (Å²) in [7, 11) is 0. The standard InChI is InChI=1S/C13H21N5O/c1-3-8-15-13(14)16-9-7-12(19)18-11-6-4-5-10(2)17-11/h4-6H,3,7-9H2,1-2H3,(H3,14,15,16)(H,17,18,19). The fourth-order valence-corrected chi connectivity index (χ4v) is 1.41. The summed E-state index contributed by atoms with van der Waals surface area (Å²) in [5.41, 5.74) is 6.48. The molecule has 104 valence electrons. The number of nitrogens with two attached hydrogens (primary N) is 1. The van der Waals surface area contributed by atoms with Gasteiger partial charge in [0.2, 0.25) is 5.91 Å². The van der Waals surface area contributed by atoms with Crippen LogP contribution in [0.3, 0.4) is 0 Å². The third kappa shape index (κ3) is 6.40. The molecule has 0 bridgehead atoms. The fraction of sp³-hybridized carbons (Fsp3) is 0.462. The summed E-state index contributed by atoms with van der Waals surface area (Å²) in [6, 6.07) is 5.49. The number of amides is 1. The largest absolute Gasteiger partial charge is 0.370 e. The molecular weight excluding hydrogens is 242 g/mol. The lowest BCUT2D eigenvalue weighted by Crippen LogP contribution is -2.34. The summed E-state index contributed by atoms with van der Waals surface area (Å²) in [6.45, 7) is 5.05. The van der Waals surface area contributed by atoms with Gasteiger partial charge in [-0.3, -0.25) is 9.79 Å². The Bertz CT molecular complexity index is 444. The van der Waals surface area contributed by atoms with Gasteiger partial charge < -0.3 is 16.4 Å². The number of hydrogen-bond donors (Lipinski definition) is 3. The van der Waals surface area contributed by atoms with Crippen molar-refractivity contribution in [1.29, 1.82) is 0 Å². The van der Waals surface area contributed by atoms with Crippen molar-refractivity contribution in [1.82, 2.24) is 10.3 Å². The maximum atomic E-state index is 11.6. The molecule has 0 atom stereocenters. The van der Waals surface area contributed by atoms with Crippen LogP contribution in [-0.4, -0.2) is 29.9 Å².